The summed E-state index contributed by atoms with van der Waals surface area (Å²) in [4.78, 5) is 12.4. The largest absolute Gasteiger partial charge is 0.298 e. The van der Waals surface area contributed by atoms with E-state index < -0.39 is 0 Å². The summed E-state index contributed by atoms with van der Waals surface area (Å²) in [6.07, 6.45) is 0. The highest BCUT2D eigenvalue weighted by atomic mass is 32.2. The maximum Gasteiger partial charge on any atom is 0.192 e. The van der Waals surface area contributed by atoms with Crippen molar-refractivity contribution in [2.24, 2.45) is 5.41 Å². The number of hydrogen-bond donors (Lipinski definition) is 0. The van der Waals surface area contributed by atoms with E-state index in [0.29, 0.717) is 12.3 Å². The number of thioether (sulfide) groups is 1. The molecule has 0 radical (unpaired) electrons. The standard InChI is InChI=1S/C25H31N3OS/c1-24(2,3)20-14-12-19(13-15-20)22-26-27-23(30-17-21(29)25(4,5)6)28(22)16-18-10-8-7-9-11-18/h7-15H,16-17H2,1-6H3. The summed E-state index contributed by atoms with van der Waals surface area (Å²) in [5, 5.41) is 9.70. The van der Waals surface area contributed by atoms with Crippen molar-refractivity contribution in [1.82, 2.24) is 14.8 Å². The van der Waals surface area contributed by atoms with Gasteiger partial charge in [-0.05, 0) is 16.5 Å². The van der Waals surface area contributed by atoms with Gasteiger partial charge in [-0.25, -0.2) is 0 Å². The van der Waals surface area contributed by atoms with Crippen LogP contribution in [0.25, 0.3) is 11.4 Å². The Hall–Kier alpha value is -2.40. The van der Waals surface area contributed by atoms with Crippen LogP contribution in [-0.2, 0) is 16.8 Å². The first kappa shape index (κ1) is 22.3. The summed E-state index contributed by atoms with van der Waals surface area (Å²) in [6, 6.07) is 18.8. The van der Waals surface area contributed by atoms with Crippen LogP contribution in [0, 0.1) is 5.41 Å². The number of rotatable bonds is 6. The zero-order valence-electron chi connectivity index (χ0n) is 18.8. The van der Waals surface area contributed by atoms with Crippen LogP contribution >= 0.6 is 11.8 Å². The van der Waals surface area contributed by atoms with Crippen LogP contribution in [0.1, 0.15) is 52.7 Å². The lowest BCUT2D eigenvalue weighted by Gasteiger charge is -2.19. The molecule has 0 atom stereocenters. The van der Waals surface area contributed by atoms with Crippen LogP contribution in [0.2, 0.25) is 0 Å². The van der Waals surface area contributed by atoms with Crippen molar-refractivity contribution in [2.75, 3.05) is 5.75 Å². The van der Waals surface area contributed by atoms with E-state index in [-0.39, 0.29) is 16.6 Å². The molecule has 1 aromatic heterocycles. The van der Waals surface area contributed by atoms with E-state index in [2.05, 4.69) is 71.9 Å². The number of ketones is 1. The molecule has 0 unspecified atom stereocenters. The maximum absolute atomic E-state index is 12.4. The van der Waals surface area contributed by atoms with E-state index in [4.69, 9.17) is 0 Å². The minimum Gasteiger partial charge on any atom is -0.298 e. The molecule has 0 saturated carbocycles. The summed E-state index contributed by atoms with van der Waals surface area (Å²) in [6.45, 7) is 13.1. The molecule has 3 aromatic rings. The Labute approximate surface area is 184 Å². The molecule has 3 rings (SSSR count). The Kier molecular flexibility index (Phi) is 6.51. The molecular formula is C25H31N3OS. The first-order valence-corrected chi connectivity index (χ1v) is 11.3. The van der Waals surface area contributed by atoms with Crippen molar-refractivity contribution in [2.45, 2.75) is 58.7 Å². The Balaban J connectivity index is 1.94. The van der Waals surface area contributed by atoms with Crippen LogP contribution in [0.15, 0.2) is 59.8 Å². The lowest BCUT2D eigenvalue weighted by molar-refractivity contribution is -0.123. The van der Waals surface area contributed by atoms with Crippen molar-refractivity contribution >= 4 is 17.5 Å². The molecule has 0 spiro atoms. The van der Waals surface area contributed by atoms with Gasteiger partial charge in [-0.15, -0.1) is 10.2 Å². The molecule has 2 aromatic carbocycles. The number of nitrogens with zero attached hydrogens (tertiary/aromatic N) is 3. The van der Waals surface area contributed by atoms with Crippen LogP contribution in [-0.4, -0.2) is 26.3 Å². The quantitative estimate of drug-likeness (QED) is 0.458. The molecule has 0 saturated heterocycles. The van der Waals surface area contributed by atoms with Gasteiger partial charge in [-0.1, -0.05) is 108 Å². The van der Waals surface area contributed by atoms with Gasteiger partial charge >= 0.3 is 0 Å². The number of aromatic nitrogens is 3. The summed E-state index contributed by atoms with van der Waals surface area (Å²) in [5.41, 5.74) is 3.23. The second kappa shape index (κ2) is 8.76. The van der Waals surface area contributed by atoms with Crippen molar-refractivity contribution in [3.05, 3.63) is 65.7 Å². The average molecular weight is 422 g/mol. The van der Waals surface area contributed by atoms with Crippen LogP contribution in [0.4, 0.5) is 0 Å². The number of hydrogen-bond acceptors (Lipinski definition) is 4. The van der Waals surface area contributed by atoms with E-state index in [1.54, 1.807) is 0 Å². The fourth-order valence-electron chi connectivity index (χ4n) is 2.98. The molecule has 1 heterocycles. The van der Waals surface area contributed by atoms with Gasteiger partial charge in [-0.3, -0.25) is 9.36 Å². The van der Waals surface area contributed by atoms with E-state index in [0.717, 1.165) is 16.5 Å². The third-order valence-corrected chi connectivity index (χ3v) is 6.05. The van der Waals surface area contributed by atoms with E-state index in [1.165, 1.54) is 22.9 Å². The van der Waals surface area contributed by atoms with Gasteiger partial charge in [0.15, 0.2) is 11.0 Å². The Morgan fingerprint density at radius 2 is 1.53 bits per heavy atom. The number of carbonyl (C=O) groups excluding carboxylic acids is 1. The van der Waals surface area contributed by atoms with Gasteiger partial charge in [0, 0.05) is 11.0 Å². The van der Waals surface area contributed by atoms with Crippen molar-refractivity contribution < 1.29 is 4.79 Å². The summed E-state index contributed by atoms with van der Waals surface area (Å²) < 4.78 is 2.11. The van der Waals surface area contributed by atoms with E-state index >= 15 is 0 Å². The lowest BCUT2D eigenvalue weighted by atomic mass is 9.87. The Morgan fingerprint density at radius 3 is 2.10 bits per heavy atom. The topological polar surface area (TPSA) is 47.8 Å². The van der Waals surface area contributed by atoms with Crippen molar-refractivity contribution in [1.29, 1.82) is 0 Å². The summed E-state index contributed by atoms with van der Waals surface area (Å²) >= 11 is 1.46. The number of benzene rings is 2. The lowest BCUT2D eigenvalue weighted by Crippen LogP contribution is -2.22. The number of Topliss-reactive ketones (excluding diaryl/α,β-unsaturated/α-hetero) is 1. The monoisotopic (exact) mass is 421 g/mol. The first-order chi connectivity index (χ1) is 14.1. The van der Waals surface area contributed by atoms with Gasteiger partial charge < -0.3 is 0 Å². The zero-order chi connectivity index (χ0) is 21.9. The SMILES string of the molecule is CC(C)(C)C(=O)CSc1nnc(-c2ccc(C(C)(C)C)cc2)n1Cc1ccccc1. The van der Waals surface area contributed by atoms with E-state index in [1.807, 2.05) is 39.0 Å². The van der Waals surface area contributed by atoms with E-state index in [9.17, 15) is 4.79 Å². The molecule has 0 aliphatic heterocycles. The van der Waals surface area contributed by atoms with Crippen LogP contribution in [0.3, 0.4) is 0 Å². The summed E-state index contributed by atoms with van der Waals surface area (Å²) in [7, 11) is 0. The molecule has 0 amide bonds. The fraction of sp³-hybridized carbons (Fsp3) is 0.400. The number of carbonyl (C=O) groups is 1. The minimum atomic E-state index is -0.358. The predicted octanol–water partition coefficient (Wildman–Crippen LogP) is 6.00. The van der Waals surface area contributed by atoms with Gasteiger partial charge in [0.25, 0.3) is 0 Å². The highest BCUT2D eigenvalue weighted by molar-refractivity contribution is 7.99. The first-order valence-electron chi connectivity index (χ1n) is 10.3. The molecule has 158 valence electrons. The molecule has 0 aliphatic rings. The molecule has 4 nitrogen and oxygen atoms in total. The van der Waals surface area contributed by atoms with Gasteiger partial charge in [0.1, 0.15) is 5.78 Å². The highest BCUT2D eigenvalue weighted by Crippen LogP contribution is 2.29. The molecule has 30 heavy (non-hydrogen) atoms. The molecule has 0 N–H and O–H groups in total. The van der Waals surface area contributed by atoms with Gasteiger partial charge in [-0.2, -0.15) is 0 Å². The van der Waals surface area contributed by atoms with Crippen LogP contribution < -0.4 is 0 Å². The molecule has 0 aliphatic carbocycles. The van der Waals surface area contributed by atoms with Crippen LogP contribution in [0.5, 0.6) is 0 Å². The summed E-state index contributed by atoms with van der Waals surface area (Å²) in [5.74, 6) is 1.42. The third-order valence-electron chi connectivity index (χ3n) is 5.08. The second-order valence-corrected chi connectivity index (χ2v) is 10.6. The smallest absolute Gasteiger partial charge is 0.192 e. The zero-order valence-corrected chi connectivity index (χ0v) is 19.6. The minimum absolute atomic E-state index is 0.102. The second-order valence-electron chi connectivity index (χ2n) is 9.67. The Morgan fingerprint density at radius 1 is 0.900 bits per heavy atom. The highest BCUT2D eigenvalue weighted by Gasteiger charge is 2.23. The van der Waals surface area contributed by atoms with Crippen molar-refractivity contribution in [3.8, 4) is 11.4 Å². The molecular weight excluding hydrogens is 390 g/mol. The maximum atomic E-state index is 12.4. The normalized spacial score (nSPS) is 12.2. The van der Waals surface area contributed by atoms with Crippen molar-refractivity contribution in [3.63, 3.8) is 0 Å². The Bertz CT molecular complexity index is 994. The molecule has 0 fully saturated rings. The van der Waals surface area contributed by atoms with Gasteiger partial charge in [0.05, 0.1) is 12.3 Å². The third kappa shape index (κ3) is 5.39. The average Bonchev–Trinajstić information content (AvgIpc) is 3.08. The molecule has 5 heteroatoms. The predicted molar refractivity (Wildman–Crippen MR) is 125 cm³/mol. The van der Waals surface area contributed by atoms with Gasteiger partial charge in [0.2, 0.25) is 0 Å². The molecule has 0 bridgehead atoms. The fourth-order valence-corrected chi connectivity index (χ4v) is 4.08.